The SMILES string of the molecule is CN1C(C(=O)c2ccccc2)=C(NC(=O)c2ccccc2Cl)c2ccccc2S1(=O)=O. The molecule has 3 aromatic carbocycles. The van der Waals surface area contributed by atoms with Gasteiger partial charge in [-0.15, -0.1) is 0 Å². The Morgan fingerprint density at radius 1 is 0.871 bits per heavy atom. The van der Waals surface area contributed by atoms with E-state index in [1.54, 1.807) is 72.8 Å². The number of carbonyl (C=O) groups is 2. The van der Waals surface area contributed by atoms with Crippen molar-refractivity contribution in [1.82, 2.24) is 9.62 Å². The van der Waals surface area contributed by atoms with E-state index >= 15 is 0 Å². The van der Waals surface area contributed by atoms with E-state index in [2.05, 4.69) is 5.32 Å². The fourth-order valence-corrected chi connectivity index (χ4v) is 5.02. The highest BCUT2D eigenvalue weighted by atomic mass is 35.5. The number of nitrogens with one attached hydrogen (secondary N) is 1. The Bertz CT molecular complexity index is 1330. The summed E-state index contributed by atoms with van der Waals surface area (Å²) in [4.78, 5) is 26.4. The molecule has 0 saturated heterocycles. The zero-order valence-electron chi connectivity index (χ0n) is 16.4. The van der Waals surface area contributed by atoms with E-state index in [9.17, 15) is 18.0 Å². The number of Topliss-reactive ketones (excluding diaryl/α,β-unsaturated/α-hetero) is 1. The van der Waals surface area contributed by atoms with E-state index in [-0.39, 0.29) is 32.4 Å². The maximum atomic E-state index is 13.4. The van der Waals surface area contributed by atoms with Crippen molar-refractivity contribution in [2.75, 3.05) is 7.05 Å². The van der Waals surface area contributed by atoms with Gasteiger partial charge >= 0.3 is 0 Å². The van der Waals surface area contributed by atoms with Gasteiger partial charge in [-0.1, -0.05) is 72.3 Å². The highest BCUT2D eigenvalue weighted by Crippen LogP contribution is 2.36. The third kappa shape index (κ3) is 3.62. The monoisotopic (exact) mass is 452 g/mol. The Morgan fingerprint density at radius 3 is 2.19 bits per heavy atom. The topological polar surface area (TPSA) is 83.6 Å². The van der Waals surface area contributed by atoms with Gasteiger partial charge in [-0.05, 0) is 18.2 Å². The number of rotatable bonds is 4. The van der Waals surface area contributed by atoms with Crippen LogP contribution in [0, 0.1) is 0 Å². The van der Waals surface area contributed by atoms with Crippen molar-refractivity contribution in [2.24, 2.45) is 0 Å². The number of nitrogens with zero attached hydrogens (tertiary/aromatic N) is 1. The third-order valence-corrected chi connectivity index (χ3v) is 7.10. The van der Waals surface area contributed by atoms with Crippen molar-refractivity contribution in [2.45, 2.75) is 4.90 Å². The molecule has 0 radical (unpaired) electrons. The van der Waals surface area contributed by atoms with Gasteiger partial charge in [-0.2, -0.15) is 0 Å². The quantitative estimate of drug-likeness (QED) is 0.607. The molecule has 0 aliphatic carbocycles. The number of likely N-dealkylation sites (N-methyl/N-ethyl adjacent to an activating group) is 1. The molecule has 1 aliphatic rings. The van der Waals surface area contributed by atoms with Crippen molar-refractivity contribution >= 4 is 39.0 Å². The van der Waals surface area contributed by atoms with E-state index in [0.717, 1.165) is 4.31 Å². The van der Waals surface area contributed by atoms with E-state index in [1.165, 1.54) is 13.1 Å². The minimum atomic E-state index is -3.99. The third-order valence-electron chi connectivity index (χ3n) is 4.95. The van der Waals surface area contributed by atoms with Crippen LogP contribution in [0.3, 0.4) is 0 Å². The van der Waals surface area contributed by atoms with E-state index in [4.69, 9.17) is 11.6 Å². The van der Waals surface area contributed by atoms with Gasteiger partial charge < -0.3 is 5.32 Å². The molecule has 0 aromatic heterocycles. The molecule has 4 rings (SSSR count). The summed E-state index contributed by atoms with van der Waals surface area (Å²) in [6.45, 7) is 0. The van der Waals surface area contributed by atoms with Crippen molar-refractivity contribution in [3.63, 3.8) is 0 Å². The first kappa shape index (κ1) is 20.8. The molecule has 156 valence electrons. The number of sulfonamides is 1. The average molecular weight is 453 g/mol. The zero-order valence-corrected chi connectivity index (χ0v) is 17.9. The number of fused-ring (bicyclic) bond motifs is 1. The zero-order chi connectivity index (χ0) is 22.2. The van der Waals surface area contributed by atoms with Crippen molar-refractivity contribution in [3.8, 4) is 0 Å². The molecule has 0 unspecified atom stereocenters. The second-order valence-electron chi connectivity index (χ2n) is 6.82. The fourth-order valence-electron chi connectivity index (χ4n) is 3.39. The number of ketones is 1. The highest BCUT2D eigenvalue weighted by molar-refractivity contribution is 7.89. The summed E-state index contributed by atoms with van der Waals surface area (Å²) in [6.07, 6.45) is 0. The number of benzene rings is 3. The van der Waals surface area contributed by atoms with Gasteiger partial charge in [-0.25, -0.2) is 8.42 Å². The molecule has 31 heavy (non-hydrogen) atoms. The van der Waals surface area contributed by atoms with Gasteiger partial charge in [0.25, 0.3) is 15.9 Å². The summed E-state index contributed by atoms with van der Waals surface area (Å²) < 4.78 is 27.1. The predicted molar refractivity (Wildman–Crippen MR) is 118 cm³/mol. The standard InChI is InChI=1S/C23H17ClN2O4S/c1-26-21(22(27)15-9-3-2-4-10-15)20(17-12-6-8-14-19(17)31(26,29)30)25-23(28)16-11-5-7-13-18(16)24/h2-14H,1H3,(H,25,28). The molecule has 0 fully saturated rings. The molecule has 1 aliphatic heterocycles. The molecule has 0 spiro atoms. The van der Waals surface area contributed by atoms with Crippen LogP contribution in [-0.2, 0) is 10.0 Å². The van der Waals surface area contributed by atoms with Crippen LogP contribution in [0.15, 0.2) is 89.5 Å². The number of hydrogen-bond donors (Lipinski definition) is 1. The fraction of sp³-hybridized carbons (Fsp3) is 0.0435. The lowest BCUT2D eigenvalue weighted by Gasteiger charge is -2.31. The van der Waals surface area contributed by atoms with Crippen LogP contribution < -0.4 is 5.32 Å². The molecule has 6 nitrogen and oxygen atoms in total. The average Bonchev–Trinajstić information content (AvgIpc) is 2.78. The van der Waals surface area contributed by atoms with Crippen LogP contribution in [0.2, 0.25) is 5.02 Å². The minimum Gasteiger partial charge on any atom is -0.319 e. The maximum Gasteiger partial charge on any atom is 0.264 e. The summed E-state index contributed by atoms with van der Waals surface area (Å²) in [6, 6.07) is 21.0. The van der Waals surface area contributed by atoms with Gasteiger partial charge in [0.05, 0.1) is 21.2 Å². The number of halogens is 1. The Hall–Kier alpha value is -3.42. The summed E-state index contributed by atoms with van der Waals surface area (Å²) in [5, 5.41) is 2.97. The normalized spacial score (nSPS) is 14.7. The summed E-state index contributed by atoms with van der Waals surface area (Å²) >= 11 is 6.16. The minimum absolute atomic E-state index is 0.00318. The molecule has 8 heteroatoms. The van der Waals surface area contributed by atoms with Crippen molar-refractivity contribution < 1.29 is 18.0 Å². The Morgan fingerprint density at radius 2 is 1.48 bits per heavy atom. The van der Waals surface area contributed by atoms with Crippen LogP contribution in [0.1, 0.15) is 26.3 Å². The maximum absolute atomic E-state index is 13.4. The van der Waals surface area contributed by atoms with Crippen LogP contribution in [0.25, 0.3) is 5.70 Å². The lowest BCUT2D eigenvalue weighted by atomic mass is 10.0. The molecule has 0 saturated carbocycles. The van der Waals surface area contributed by atoms with Crippen LogP contribution in [0.4, 0.5) is 0 Å². The Balaban J connectivity index is 1.94. The van der Waals surface area contributed by atoms with Gasteiger partial charge in [0, 0.05) is 18.2 Å². The predicted octanol–water partition coefficient (Wildman–Crippen LogP) is 3.96. The van der Waals surface area contributed by atoms with Gasteiger partial charge in [0.1, 0.15) is 5.70 Å². The van der Waals surface area contributed by atoms with Crippen molar-refractivity contribution in [3.05, 3.63) is 106 Å². The highest BCUT2D eigenvalue weighted by Gasteiger charge is 2.38. The van der Waals surface area contributed by atoms with Gasteiger partial charge in [0.2, 0.25) is 5.78 Å². The van der Waals surface area contributed by atoms with E-state index < -0.39 is 21.7 Å². The molecular weight excluding hydrogens is 436 g/mol. The number of allylic oxidation sites excluding steroid dienone is 1. The lowest BCUT2D eigenvalue weighted by Crippen LogP contribution is -2.39. The van der Waals surface area contributed by atoms with E-state index in [1.807, 2.05) is 0 Å². The molecule has 0 bridgehead atoms. The van der Waals surface area contributed by atoms with Gasteiger partial charge in [0.15, 0.2) is 0 Å². The Kier molecular flexibility index (Phi) is 5.39. The van der Waals surface area contributed by atoms with Gasteiger partial charge in [-0.3, -0.25) is 13.9 Å². The molecule has 1 amide bonds. The van der Waals surface area contributed by atoms with E-state index in [0.29, 0.717) is 5.56 Å². The van der Waals surface area contributed by atoms with Crippen molar-refractivity contribution in [1.29, 1.82) is 0 Å². The summed E-state index contributed by atoms with van der Waals surface area (Å²) in [5.41, 5.74) is 0.692. The molecule has 0 atom stereocenters. The molecule has 1 N–H and O–H groups in total. The number of amides is 1. The van der Waals surface area contributed by atoms with Crippen LogP contribution in [-0.4, -0.2) is 31.5 Å². The second kappa shape index (κ2) is 8.02. The largest absolute Gasteiger partial charge is 0.319 e. The number of carbonyl (C=O) groups excluding carboxylic acids is 2. The Labute approximate surface area is 184 Å². The summed E-state index contributed by atoms with van der Waals surface area (Å²) in [5.74, 6) is -1.09. The first-order chi connectivity index (χ1) is 14.8. The number of hydrogen-bond acceptors (Lipinski definition) is 4. The smallest absolute Gasteiger partial charge is 0.264 e. The van der Waals surface area contributed by atoms with Crippen LogP contribution in [0.5, 0.6) is 0 Å². The lowest BCUT2D eigenvalue weighted by molar-refractivity contribution is 0.0972. The molecular formula is C23H17ClN2O4S. The second-order valence-corrected chi connectivity index (χ2v) is 9.17. The summed E-state index contributed by atoms with van der Waals surface area (Å²) in [7, 11) is -2.69. The first-order valence-electron chi connectivity index (χ1n) is 9.30. The first-order valence-corrected chi connectivity index (χ1v) is 11.1. The molecule has 3 aromatic rings. The molecule has 1 heterocycles. The van der Waals surface area contributed by atoms with Crippen LogP contribution >= 0.6 is 11.6 Å².